The molecule has 0 saturated carbocycles. The summed E-state index contributed by atoms with van der Waals surface area (Å²) in [6, 6.07) is 1.62. The summed E-state index contributed by atoms with van der Waals surface area (Å²) in [7, 11) is 0. The first-order valence-electron chi connectivity index (χ1n) is 4.15. The Labute approximate surface area is 80.5 Å². The second kappa shape index (κ2) is 4.17. The minimum absolute atomic E-state index is 0.115. The van der Waals surface area contributed by atoms with E-state index in [4.69, 9.17) is 4.74 Å². The predicted molar refractivity (Wildman–Crippen MR) is 47.5 cm³/mol. The van der Waals surface area contributed by atoms with Gasteiger partial charge in [0, 0.05) is 6.07 Å². The maximum Gasteiger partial charge on any atom is 0.168 e. The molecule has 0 aliphatic carbocycles. The third-order valence-corrected chi connectivity index (χ3v) is 1.52. The van der Waals surface area contributed by atoms with Crippen LogP contribution in [-0.4, -0.2) is 12.4 Å². The van der Waals surface area contributed by atoms with Crippen LogP contribution in [0.4, 0.5) is 8.78 Å². The van der Waals surface area contributed by atoms with E-state index < -0.39 is 11.6 Å². The van der Waals surface area contributed by atoms with E-state index in [-0.39, 0.29) is 17.4 Å². The summed E-state index contributed by atoms with van der Waals surface area (Å²) in [6.07, 6.45) is 0.0952. The van der Waals surface area contributed by atoms with Crippen LogP contribution in [0.25, 0.3) is 0 Å². The lowest BCUT2D eigenvalue weighted by atomic mass is 10.2. The Morgan fingerprint density at radius 1 is 1.36 bits per heavy atom. The Morgan fingerprint density at radius 3 is 2.50 bits per heavy atom. The molecule has 14 heavy (non-hydrogen) atoms. The molecule has 1 rings (SSSR count). The van der Waals surface area contributed by atoms with Gasteiger partial charge in [0.15, 0.2) is 17.9 Å². The predicted octanol–water partition coefficient (Wildman–Crippen LogP) is 2.56. The first-order valence-corrected chi connectivity index (χ1v) is 4.15. The van der Waals surface area contributed by atoms with Gasteiger partial charge in [0.2, 0.25) is 0 Å². The average molecular weight is 200 g/mol. The van der Waals surface area contributed by atoms with E-state index in [1.807, 2.05) is 0 Å². The maximum absolute atomic E-state index is 13.1. The summed E-state index contributed by atoms with van der Waals surface area (Å²) in [6.45, 7) is 3.38. The quantitative estimate of drug-likeness (QED) is 0.701. The number of rotatable bonds is 3. The number of aldehydes is 1. The van der Waals surface area contributed by atoms with Crippen molar-refractivity contribution in [1.29, 1.82) is 0 Å². The fraction of sp³-hybridized carbons (Fsp3) is 0.300. The van der Waals surface area contributed by atoms with Gasteiger partial charge in [-0.05, 0) is 19.9 Å². The monoisotopic (exact) mass is 200 g/mol. The van der Waals surface area contributed by atoms with Crippen molar-refractivity contribution < 1.29 is 18.3 Å². The van der Waals surface area contributed by atoms with E-state index in [9.17, 15) is 13.6 Å². The molecule has 0 bridgehead atoms. The van der Waals surface area contributed by atoms with Crippen LogP contribution >= 0.6 is 0 Å². The molecule has 0 unspecified atom stereocenters. The van der Waals surface area contributed by atoms with E-state index in [0.717, 1.165) is 6.07 Å². The molecule has 1 aromatic carbocycles. The molecule has 0 N–H and O–H groups in total. The van der Waals surface area contributed by atoms with Crippen molar-refractivity contribution in [3.63, 3.8) is 0 Å². The molecule has 0 heterocycles. The van der Waals surface area contributed by atoms with Gasteiger partial charge in [-0.25, -0.2) is 8.78 Å². The van der Waals surface area contributed by atoms with Crippen LogP contribution in [0.3, 0.4) is 0 Å². The summed E-state index contributed by atoms with van der Waals surface area (Å²) in [4.78, 5) is 10.5. The molecule has 1 aromatic rings. The highest BCUT2D eigenvalue weighted by atomic mass is 19.1. The standard InChI is InChI=1S/C10H10F2O2/c1-6(2)14-10-7(5-13)3-8(11)4-9(10)12/h3-6H,1-2H3. The van der Waals surface area contributed by atoms with Crippen LogP contribution in [0, 0.1) is 11.6 Å². The van der Waals surface area contributed by atoms with Crippen LogP contribution < -0.4 is 4.74 Å². The topological polar surface area (TPSA) is 26.3 Å². The van der Waals surface area contributed by atoms with Crippen LogP contribution in [-0.2, 0) is 0 Å². The molecule has 0 spiro atoms. The van der Waals surface area contributed by atoms with Crippen LogP contribution in [0.15, 0.2) is 12.1 Å². The second-order valence-corrected chi connectivity index (χ2v) is 3.09. The van der Waals surface area contributed by atoms with Crippen molar-refractivity contribution in [2.75, 3.05) is 0 Å². The number of hydrogen-bond acceptors (Lipinski definition) is 2. The second-order valence-electron chi connectivity index (χ2n) is 3.09. The summed E-state index contributed by atoms with van der Waals surface area (Å²) in [5.41, 5.74) is -0.115. The molecule has 0 saturated heterocycles. The lowest BCUT2D eigenvalue weighted by molar-refractivity contribution is 0.111. The molecule has 2 nitrogen and oxygen atoms in total. The Balaban J connectivity index is 3.18. The van der Waals surface area contributed by atoms with Crippen LogP contribution in [0.2, 0.25) is 0 Å². The number of ether oxygens (including phenoxy) is 1. The minimum atomic E-state index is -0.860. The van der Waals surface area contributed by atoms with Gasteiger partial charge in [-0.2, -0.15) is 0 Å². The van der Waals surface area contributed by atoms with Crippen LogP contribution in [0.5, 0.6) is 5.75 Å². The molecule has 0 radical (unpaired) electrons. The van der Waals surface area contributed by atoms with Gasteiger partial charge in [0.25, 0.3) is 0 Å². The van der Waals surface area contributed by atoms with E-state index in [0.29, 0.717) is 12.4 Å². The van der Waals surface area contributed by atoms with Crippen molar-refractivity contribution in [2.24, 2.45) is 0 Å². The van der Waals surface area contributed by atoms with Crippen molar-refractivity contribution in [2.45, 2.75) is 20.0 Å². The van der Waals surface area contributed by atoms with Crippen molar-refractivity contribution in [3.8, 4) is 5.75 Å². The SMILES string of the molecule is CC(C)Oc1c(F)cc(F)cc1C=O. The molecule has 0 aliphatic heterocycles. The van der Waals surface area contributed by atoms with Gasteiger partial charge in [-0.3, -0.25) is 4.79 Å². The van der Waals surface area contributed by atoms with Crippen LogP contribution in [0.1, 0.15) is 24.2 Å². The van der Waals surface area contributed by atoms with Gasteiger partial charge in [0.05, 0.1) is 11.7 Å². The molecular formula is C10H10F2O2. The van der Waals surface area contributed by atoms with Crippen molar-refractivity contribution in [1.82, 2.24) is 0 Å². The lowest BCUT2D eigenvalue weighted by Gasteiger charge is -2.12. The van der Waals surface area contributed by atoms with Gasteiger partial charge < -0.3 is 4.74 Å². The van der Waals surface area contributed by atoms with E-state index >= 15 is 0 Å². The van der Waals surface area contributed by atoms with Gasteiger partial charge in [0.1, 0.15) is 5.82 Å². The Hall–Kier alpha value is -1.45. The Morgan fingerprint density at radius 2 is 2.00 bits per heavy atom. The maximum atomic E-state index is 13.1. The molecule has 0 aromatic heterocycles. The highest BCUT2D eigenvalue weighted by Gasteiger charge is 2.13. The Kier molecular flexibility index (Phi) is 3.17. The van der Waals surface area contributed by atoms with Crippen molar-refractivity contribution in [3.05, 3.63) is 29.3 Å². The smallest absolute Gasteiger partial charge is 0.168 e. The highest BCUT2D eigenvalue weighted by Crippen LogP contribution is 2.23. The molecule has 0 atom stereocenters. The fourth-order valence-corrected chi connectivity index (χ4v) is 1.03. The molecule has 0 amide bonds. The third-order valence-electron chi connectivity index (χ3n) is 1.52. The molecule has 4 heteroatoms. The normalized spacial score (nSPS) is 10.4. The zero-order valence-electron chi connectivity index (χ0n) is 7.88. The van der Waals surface area contributed by atoms with Gasteiger partial charge in [-0.15, -0.1) is 0 Å². The largest absolute Gasteiger partial charge is 0.487 e. The first kappa shape index (κ1) is 10.6. The van der Waals surface area contributed by atoms with E-state index in [1.165, 1.54) is 0 Å². The third kappa shape index (κ3) is 2.28. The number of carbonyl (C=O) groups is 1. The number of benzene rings is 1. The lowest BCUT2D eigenvalue weighted by Crippen LogP contribution is -2.09. The highest BCUT2D eigenvalue weighted by molar-refractivity contribution is 5.79. The summed E-state index contributed by atoms with van der Waals surface area (Å²) in [5.74, 6) is -1.85. The summed E-state index contributed by atoms with van der Waals surface area (Å²) in [5, 5.41) is 0. The van der Waals surface area contributed by atoms with Gasteiger partial charge >= 0.3 is 0 Å². The molecular weight excluding hydrogens is 190 g/mol. The van der Waals surface area contributed by atoms with E-state index in [2.05, 4.69) is 0 Å². The number of hydrogen-bond donors (Lipinski definition) is 0. The molecule has 0 fully saturated rings. The minimum Gasteiger partial charge on any atom is -0.487 e. The van der Waals surface area contributed by atoms with Crippen molar-refractivity contribution >= 4 is 6.29 Å². The first-order chi connectivity index (χ1) is 6.54. The fourth-order valence-electron chi connectivity index (χ4n) is 1.03. The summed E-state index contributed by atoms with van der Waals surface area (Å²) < 4.78 is 30.9. The van der Waals surface area contributed by atoms with E-state index in [1.54, 1.807) is 13.8 Å². The zero-order chi connectivity index (χ0) is 10.7. The zero-order valence-corrected chi connectivity index (χ0v) is 7.88. The van der Waals surface area contributed by atoms with Gasteiger partial charge in [-0.1, -0.05) is 0 Å². The summed E-state index contributed by atoms with van der Waals surface area (Å²) >= 11 is 0. The molecule has 0 aliphatic rings. The molecule has 76 valence electrons. The Bertz CT molecular complexity index is 348. The number of halogens is 2. The number of carbonyl (C=O) groups excluding carboxylic acids is 1. The average Bonchev–Trinajstić information content (AvgIpc) is 2.08.